The summed E-state index contributed by atoms with van der Waals surface area (Å²) >= 11 is 0. The Balaban J connectivity index is 1.93. The molecule has 3 N–H and O–H groups in total. The lowest BCUT2D eigenvalue weighted by Gasteiger charge is -2.30. The van der Waals surface area contributed by atoms with E-state index in [0.29, 0.717) is 25.6 Å². The van der Waals surface area contributed by atoms with E-state index in [4.69, 9.17) is 10.5 Å². The molecule has 6 nitrogen and oxygen atoms in total. The molecule has 1 aromatic rings. The summed E-state index contributed by atoms with van der Waals surface area (Å²) < 4.78 is 34.0. The third kappa shape index (κ3) is 4.99. The van der Waals surface area contributed by atoms with Crippen molar-refractivity contribution >= 4 is 10.2 Å². The summed E-state index contributed by atoms with van der Waals surface area (Å²) in [6, 6.07) is 7.64. The molecule has 0 aliphatic carbocycles. The first-order valence-electron chi connectivity index (χ1n) is 8.01. The summed E-state index contributed by atoms with van der Waals surface area (Å²) in [5.41, 5.74) is 8.28. The standard InChI is InChI=1S/C16H27N3O3S/c1-12(2)14-4-6-15(7-5-14)16(17)10-18-23(20,21)19-8-9-22-13(3)11-19/h4-7,12-13,16,18H,8-11,17H2,1-3H3/t13-,16+/m0/s1. The second-order valence-electron chi connectivity index (χ2n) is 6.32. The molecule has 0 saturated carbocycles. The van der Waals surface area contributed by atoms with Crippen LogP contribution in [0.25, 0.3) is 0 Å². The number of ether oxygens (including phenoxy) is 1. The van der Waals surface area contributed by atoms with Crippen LogP contribution in [-0.4, -0.2) is 45.1 Å². The van der Waals surface area contributed by atoms with Crippen LogP contribution in [-0.2, 0) is 14.9 Å². The van der Waals surface area contributed by atoms with Gasteiger partial charge in [0, 0.05) is 25.7 Å². The average Bonchev–Trinajstić information content (AvgIpc) is 2.53. The third-order valence-electron chi connectivity index (χ3n) is 4.06. The molecule has 2 atom stereocenters. The average molecular weight is 341 g/mol. The molecule has 0 spiro atoms. The van der Waals surface area contributed by atoms with Gasteiger partial charge in [-0.3, -0.25) is 0 Å². The molecule has 23 heavy (non-hydrogen) atoms. The fraction of sp³-hybridized carbons (Fsp3) is 0.625. The summed E-state index contributed by atoms with van der Waals surface area (Å²) in [6.45, 7) is 7.47. The van der Waals surface area contributed by atoms with Crippen LogP contribution < -0.4 is 10.5 Å². The second-order valence-corrected chi connectivity index (χ2v) is 8.08. The van der Waals surface area contributed by atoms with Crippen molar-refractivity contribution in [3.63, 3.8) is 0 Å². The van der Waals surface area contributed by atoms with Crippen molar-refractivity contribution < 1.29 is 13.2 Å². The van der Waals surface area contributed by atoms with E-state index in [-0.39, 0.29) is 18.7 Å². The van der Waals surface area contributed by atoms with Gasteiger partial charge in [-0.05, 0) is 24.0 Å². The van der Waals surface area contributed by atoms with Crippen molar-refractivity contribution in [2.24, 2.45) is 5.73 Å². The van der Waals surface area contributed by atoms with Gasteiger partial charge in [0.1, 0.15) is 0 Å². The van der Waals surface area contributed by atoms with Crippen molar-refractivity contribution in [1.82, 2.24) is 9.03 Å². The zero-order valence-electron chi connectivity index (χ0n) is 14.0. The number of benzene rings is 1. The lowest BCUT2D eigenvalue weighted by atomic mass is 9.99. The van der Waals surface area contributed by atoms with Crippen LogP contribution >= 0.6 is 0 Å². The minimum absolute atomic E-state index is 0.0856. The minimum atomic E-state index is -3.52. The van der Waals surface area contributed by atoms with Gasteiger partial charge in [0.2, 0.25) is 0 Å². The van der Waals surface area contributed by atoms with Gasteiger partial charge in [0.05, 0.1) is 12.7 Å². The maximum absolute atomic E-state index is 12.3. The summed E-state index contributed by atoms with van der Waals surface area (Å²) in [7, 11) is -3.52. The molecule has 0 aromatic heterocycles. The number of nitrogens with two attached hydrogens (primary N) is 1. The quantitative estimate of drug-likeness (QED) is 0.818. The third-order valence-corrected chi connectivity index (χ3v) is 5.60. The highest BCUT2D eigenvalue weighted by atomic mass is 32.2. The maximum atomic E-state index is 12.3. The Morgan fingerprint density at radius 3 is 2.48 bits per heavy atom. The van der Waals surface area contributed by atoms with Gasteiger partial charge in [-0.1, -0.05) is 38.1 Å². The molecule has 1 aliphatic rings. The van der Waals surface area contributed by atoms with E-state index in [1.165, 1.54) is 9.87 Å². The van der Waals surface area contributed by atoms with Gasteiger partial charge in [-0.15, -0.1) is 0 Å². The Labute approximate surface area is 139 Å². The fourth-order valence-corrected chi connectivity index (χ4v) is 3.83. The molecular weight excluding hydrogens is 314 g/mol. The zero-order chi connectivity index (χ0) is 17.0. The van der Waals surface area contributed by atoms with E-state index >= 15 is 0 Å². The molecule has 1 saturated heterocycles. The van der Waals surface area contributed by atoms with E-state index in [1.54, 1.807) is 0 Å². The topological polar surface area (TPSA) is 84.7 Å². The first kappa shape index (κ1) is 18.4. The zero-order valence-corrected chi connectivity index (χ0v) is 14.8. The summed E-state index contributed by atoms with van der Waals surface area (Å²) in [5.74, 6) is 0.460. The normalized spacial score (nSPS) is 21.5. The molecule has 130 valence electrons. The molecule has 1 heterocycles. The number of hydrogen-bond acceptors (Lipinski definition) is 4. The number of rotatable bonds is 6. The second kappa shape index (κ2) is 7.72. The van der Waals surface area contributed by atoms with Crippen LogP contribution in [0.4, 0.5) is 0 Å². The van der Waals surface area contributed by atoms with Gasteiger partial charge in [-0.25, -0.2) is 4.72 Å². The molecule has 1 aliphatic heterocycles. The smallest absolute Gasteiger partial charge is 0.279 e. The lowest BCUT2D eigenvalue weighted by Crippen LogP contribution is -2.50. The van der Waals surface area contributed by atoms with Crippen molar-refractivity contribution in [3.8, 4) is 0 Å². The van der Waals surface area contributed by atoms with Crippen LogP contribution in [0.3, 0.4) is 0 Å². The van der Waals surface area contributed by atoms with E-state index in [9.17, 15) is 8.42 Å². The molecule has 0 bridgehead atoms. The van der Waals surface area contributed by atoms with Gasteiger partial charge in [-0.2, -0.15) is 12.7 Å². The molecule has 0 unspecified atom stereocenters. The molecule has 1 fully saturated rings. The molecule has 0 amide bonds. The van der Waals surface area contributed by atoms with E-state index in [2.05, 4.69) is 18.6 Å². The summed E-state index contributed by atoms with van der Waals surface area (Å²) in [6.07, 6.45) is -0.0856. The highest BCUT2D eigenvalue weighted by molar-refractivity contribution is 7.87. The highest BCUT2D eigenvalue weighted by Crippen LogP contribution is 2.18. The largest absolute Gasteiger partial charge is 0.376 e. The number of nitrogens with zero attached hydrogens (tertiary/aromatic N) is 1. The minimum Gasteiger partial charge on any atom is -0.376 e. The molecule has 2 rings (SSSR count). The van der Waals surface area contributed by atoms with Crippen LogP contribution in [0.5, 0.6) is 0 Å². The highest BCUT2D eigenvalue weighted by Gasteiger charge is 2.27. The maximum Gasteiger partial charge on any atom is 0.279 e. The van der Waals surface area contributed by atoms with E-state index < -0.39 is 10.2 Å². The van der Waals surface area contributed by atoms with Crippen molar-refractivity contribution in [2.45, 2.75) is 38.8 Å². The number of hydrogen-bond donors (Lipinski definition) is 2. The Morgan fingerprint density at radius 1 is 1.30 bits per heavy atom. The van der Waals surface area contributed by atoms with Gasteiger partial charge >= 0.3 is 0 Å². The van der Waals surface area contributed by atoms with Gasteiger partial charge in [0.25, 0.3) is 10.2 Å². The van der Waals surface area contributed by atoms with Crippen LogP contribution in [0.15, 0.2) is 24.3 Å². The monoisotopic (exact) mass is 341 g/mol. The van der Waals surface area contributed by atoms with Crippen molar-refractivity contribution in [1.29, 1.82) is 0 Å². The SMILES string of the molecule is CC(C)c1ccc([C@H](N)CNS(=O)(=O)N2CCO[C@@H](C)C2)cc1. The summed E-state index contributed by atoms with van der Waals surface area (Å²) in [5, 5.41) is 0. The van der Waals surface area contributed by atoms with Crippen molar-refractivity contribution in [3.05, 3.63) is 35.4 Å². The van der Waals surface area contributed by atoms with Crippen LogP contribution in [0.2, 0.25) is 0 Å². The molecule has 1 aromatic carbocycles. The Morgan fingerprint density at radius 2 is 1.91 bits per heavy atom. The van der Waals surface area contributed by atoms with Crippen LogP contribution in [0, 0.1) is 0 Å². The molecule has 7 heteroatoms. The van der Waals surface area contributed by atoms with Crippen molar-refractivity contribution in [2.75, 3.05) is 26.2 Å². The van der Waals surface area contributed by atoms with Gasteiger partial charge < -0.3 is 10.5 Å². The number of morpholine rings is 1. The predicted molar refractivity (Wildman–Crippen MR) is 91.4 cm³/mol. The predicted octanol–water partition coefficient (Wildman–Crippen LogP) is 1.36. The van der Waals surface area contributed by atoms with E-state index in [1.807, 2.05) is 31.2 Å². The Bertz CT molecular complexity index is 602. The number of nitrogens with one attached hydrogen (secondary N) is 1. The van der Waals surface area contributed by atoms with Gasteiger partial charge in [0.15, 0.2) is 0 Å². The molecular formula is C16H27N3O3S. The summed E-state index contributed by atoms with van der Waals surface area (Å²) in [4.78, 5) is 0. The Hall–Kier alpha value is -0.990. The first-order chi connectivity index (χ1) is 10.8. The fourth-order valence-electron chi connectivity index (χ4n) is 2.54. The Kier molecular flexibility index (Phi) is 6.16. The lowest BCUT2D eigenvalue weighted by molar-refractivity contribution is 0.00977. The molecule has 0 radical (unpaired) electrons. The van der Waals surface area contributed by atoms with Crippen LogP contribution in [0.1, 0.15) is 43.9 Å². The first-order valence-corrected chi connectivity index (χ1v) is 9.45. The van der Waals surface area contributed by atoms with E-state index in [0.717, 1.165) is 5.56 Å².